The Morgan fingerprint density at radius 2 is 2.10 bits per heavy atom. The highest BCUT2D eigenvalue weighted by atomic mass is 35.5. The summed E-state index contributed by atoms with van der Waals surface area (Å²) in [7, 11) is 0. The van der Waals surface area contributed by atoms with Crippen molar-refractivity contribution in [2.24, 2.45) is 0 Å². The maximum Gasteiger partial charge on any atom is 0.0807 e. The molecule has 2 heteroatoms. The van der Waals surface area contributed by atoms with Gasteiger partial charge in [0.25, 0.3) is 0 Å². The first-order valence-electron chi connectivity index (χ1n) is 3.06. The molecule has 0 N–H and O–H groups in total. The maximum absolute atomic E-state index is 5.77. The van der Waals surface area contributed by atoms with Crippen LogP contribution < -0.4 is 0 Å². The van der Waals surface area contributed by atoms with E-state index in [1.165, 1.54) is 4.90 Å². The van der Waals surface area contributed by atoms with E-state index >= 15 is 0 Å². The second kappa shape index (κ2) is 3.89. The lowest BCUT2D eigenvalue weighted by molar-refractivity contribution is 1.36. The molecule has 0 spiro atoms. The molecule has 0 heterocycles. The third-order valence-corrected chi connectivity index (χ3v) is 2.12. The Balaban J connectivity index is 2.59. The fourth-order valence-corrected chi connectivity index (χ4v) is 1.61. The first-order valence-corrected chi connectivity index (χ1v) is 4.37. The molecule has 0 aromatic heterocycles. The van der Waals surface area contributed by atoms with E-state index in [1.54, 1.807) is 11.8 Å². The van der Waals surface area contributed by atoms with E-state index in [9.17, 15) is 0 Å². The van der Waals surface area contributed by atoms with E-state index in [0.29, 0.717) is 0 Å². The molecule has 0 nitrogen and oxygen atoms in total. The lowest BCUT2D eigenvalue weighted by atomic mass is 10.4. The minimum Gasteiger partial charge on any atom is -0.111 e. The predicted molar refractivity (Wildman–Crippen MR) is 46.5 cm³/mol. The van der Waals surface area contributed by atoms with E-state index in [-0.39, 0.29) is 4.71 Å². The summed E-state index contributed by atoms with van der Waals surface area (Å²) >= 11 is 7.41. The molecule has 0 aliphatic heterocycles. The largest absolute Gasteiger partial charge is 0.111 e. The molecule has 0 saturated carbocycles. The predicted octanol–water partition coefficient (Wildman–Crippen LogP) is 3.16. The molecule has 1 rings (SSSR count). The molecule has 0 saturated heterocycles. The third-order valence-electron chi connectivity index (χ3n) is 0.986. The molecule has 0 aliphatic rings. The number of alkyl halides is 1. The van der Waals surface area contributed by atoms with Crippen LogP contribution in [0.3, 0.4) is 0 Å². The van der Waals surface area contributed by atoms with Crippen LogP contribution in [-0.4, -0.2) is 4.71 Å². The van der Waals surface area contributed by atoms with Crippen molar-refractivity contribution < 1.29 is 0 Å². The van der Waals surface area contributed by atoms with Crippen LogP contribution in [0.2, 0.25) is 0 Å². The van der Waals surface area contributed by atoms with Crippen molar-refractivity contribution in [3.8, 4) is 0 Å². The second-order valence-corrected chi connectivity index (χ2v) is 4.22. The van der Waals surface area contributed by atoms with Gasteiger partial charge in [0.1, 0.15) is 0 Å². The average molecular weight is 172 g/mol. The molecule has 1 radical (unpaired) electrons. The van der Waals surface area contributed by atoms with Crippen molar-refractivity contribution in [1.29, 1.82) is 0 Å². The maximum atomic E-state index is 5.77. The van der Waals surface area contributed by atoms with Crippen LogP contribution in [0.1, 0.15) is 6.92 Å². The molecule has 1 atom stereocenters. The summed E-state index contributed by atoms with van der Waals surface area (Å²) in [6, 6.07) is 10.7. The highest BCUT2D eigenvalue weighted by Gasteiger charge is 1.96. The van der Waals surface area contributed by atoms with Gasteiger partial charge in [0.2, 0.25) is 0 Å². The smallest absolute Gasteiger partial charge is 0.0807 e. The molecular formula is C8H8ClS. The van der Waals surface area contributed by atoms with E-state index in [4.69, 9.17) is 11.6 Å². The molecule has 0 bridgehead atoms. The number of benzene rings is 1. The van der Waals surface area contributed by atoms with Gasteiger partial charge in [0, 0.05) is 4.90 Å². The summed E-state index contributed by atoms with van der Waals surface area (Å²) in [5.41, 5.74) is 0. The van der Waals surface area contributed by atoms with Gasteiger partial charge in [-0.05, 0) is 25.1 Å². The highest BCUT2D eigenvalue weighted by molar-refractivity contribution is 8.01. The van der Waals surface area contributed by atoms with E-state index in [1.807, 2.05) is 31.2 Å². The van der Waals surface area contributed by atoms with Gasteiger partial charge < -0.3 is 0 Å². The molecule has 10 heavy (non-hydrogen) atoms. The topological polar surface area (TPSA) is 0 Å². The molecule has 0 amide bonds. The van der Waals surface area contributed by atoms with Crippen molar-refractivity contribution in [2.75, 3.05) is 0 Å². The summed E-state index contributed by atoms with van der Waals surface area (Å²) in [4.78, 5) is 1.20. The number of hydrogen-bond donors (Lipinski definition) is 0. The Morgan fingerprint density at radius 1 is 1.50 bits per heavy atom. The Bertz CT molecular complexity index is 184. The van der Waals surface area contributed by atoms with Crippen LogP contribution in [0.25, 0.3) is 0 Å². The SMILES string of the molecule is CC(Cl)Sc1cc[c]cc1. The standard InChI is InChI=1S/C8H8ClS/c1-7(9)10-8-5-3-2-4-6-8/h3-7H,1H3. The molecule has 1 unspecified atom stereocenters. The Kier molecular flexibility index (Phi) is 3.10. The van der Waals surface area contributed by atoms with Gasteiger partial charge in [-0.1, -0.05) is 12.1 Å². The zero-order valence-electron chi connectivity index (χ0n) is 5.67. The first-order chi connectivity index (χ1) is 4.79. The summed E-state index contributed by atoms with van der Waals surface area (Å²) in [6.07, 6.45) is 0. The molecular weight excluding hydrogens is 164 g/mol. The lowest BCUT2D eigenvalue weighted by Crippen LogP contribution is -1.79. The minimum absolute atomic E-state index is 0.141. The zero-order chi connectivity index (χ0) is 7.40. The Morgan fingerprint density at radius 3 is 2.60 bits per heavy atom. The Hall–Kier alpha value is -0.140. The third kappa shape index (κ3) is 2.63. The summed E-state index contributed by atoms with van der Waals surface area (Å²) in [6.45, 7) is 1.96. The fourth-order valence-electron chi connectivity index (χ4n) is 0.638. The van der Waals surface area contributed by atoms with Gasteiger partial charge in [-0.25, -0.2) is 0 Å². The van der Waals surface area contributed by atoms with Crippen LogP contribution in [0.5, 0.6) is 0 Å². The van der Waals surface area contributed by atoms with Crippen LogP contribution in [0.15, 0.2) is 29.2 Å². The van der Waals surface area contributed by atoms with E-state index < -0.39 is 0 Å². The number of halogens is 1. The molecule has 1 aromatic carbocycles. The number of rotatable bonds is 2. The molecule has 0 fully saturated rings. The zero-order valence-corrected chi connectivity index (χ0v) is 7.25. The van der Waals surface area contributed by atoms with Gasteiger partial charge in [-0.3, -0.25) is 0 Å². The monoisotopic (exact) mass is 171 g/mol. The number of hydrogen-bond acceptors (Lipinski definition) is 1. The van der Waals surface area contributed by atoms with Crippen LogP contribution in [0, 0.1) is 6.07 Å². The summed E-state index contributed by atoms with van der Waals surface area (Å²) < 4.78 is 0.141. The quantitative estimate of drug-likeness (QED) is 0.487. The van der Waals surface area contributed by atoms with Crippen LogP contribution in [-0.2, 0) is 0 Å². The normalized spacial score (nSPS) is 13.0. The van der Waals surface area contributed by atoms with Crippen molar-refractivity contribution in [2.45, 2.75) is 16.5 Å². The molecule has 0 aliphatic carbocycles. The van der Waals surface area contributed by atoms with Crippen molar-refractivity contribution in [3.05, 3.63) is 30.3 Å². The summed E-state index contributed by atoms with van der Waals surface area (Å²) in [5.74, 6) is 0. The second-order valence-electron chi connectivity index (χ2n) is 1.90. The highest BCUT2D eigenvalue weighted by Crippen LogP contribution is 2.24. The van der Waals surface area contributed by atoms with Gasteiger partial charge >= 0.3 is 0 Å². The lowest BCUT2D eigenvalue weighted by Gasteiger charge is -2.00. The van der Waals surface area contributed by atoms with Gasteiger partial charge in [-0.2, -0.15) is 0 Å². The molecule has 53 valence electrons. The molecule has 1 aromatic rings. The average Bonchev–Trinajstić information content (AvgIpc) is 1.88. The van der Waals surface area contributed by atoms with Crippen molar-refractivity contribution in [3.63, 3.8) is 0 Å². The first kappa shape index (κ1) is 7.96. The summed E-state index contributed by atoms with van der Waals surface area (Å²) in [5, 5.41) is 0. The van der Waals surface area contributed by atoms with Gasteiger partial charge in [0.15, 0.2) is 0 Å². The van der Waals surface area contributed by atoms with Crippen molar-refractivity contribution in [1.82, 2.24) is 0 Å². The van der Waals surface area contributed by atoms with E-state index in [0.717, 1.165) is 0 Å². The van der Waals surface area contributed by atoms with Gasteiger partial charge in [-0.15, -0.1) is 23.4 Å². The van der Waals surface area contributed by atoms with Crippen LogP contribution >= 0.6 is 23.4 Å². The Labute approximate surface area is 70.6 Å². The van der Waals surface area contributed by atoms with Crippen molar-refractivity contribution >= 4 is 23.4 Å². The number of thioether (sulfide) groups is 1. The minimum atomic E-state index is 0.141. The van der Waals surface area contributed by atoms with Crippen LogP contribution in [0.4, 0.5) is 0 Å². The van der Waals surface area contributed by atoms with Gasteiger partial charge in [0.05, 0.1) is 4.71 Å². The van der Waals surface area contributed by atoms with E-state index in [2.05, 4.69) is 6.07 Å². The fraction of sp³-hybridized carbons (Fsp3) is 0.250.